The van der Waals surface area contributed by atoms with Gasteiger partial charge in [-0.3, -0.25) is 19.2 Å². The van der Waals surface area contributed by atoms with Gasteiger partial charge in [-0.25, -0.2) is 0 Å². The van der Waals surface area contributed by atoms with Gasteiger partial charge in [0.15, 0.2) is 0 Å². The van der Waals surface area contributed by atoms with Crippen LogP contribution in [0.2, 0.25) is 0 Å². The van der Waals surface area contributed by atoms with Gasteiger partial charge in [-0.2, -0.15) is 0 Å². The molecule has 0 spiro atoms. The van der Waals surface area contributed by atoms with E-state index in [2.05, 4.69) is 10.6 Å². The minimum atomic E-state index is -1.10. The molecule has 2 aliphatic heterocycles. The third-order valence-corrected chi connectivity index (χ3v) is 6.71. The average molecular weight is 503 g/mol. The van der Waals surface area contributed by atoms with E-state index in [0.29, 0.717) is 38.1 Å². The van der Waals surface area contributed by atoms with Crippen LogP contribution in [0.25, 0.3) is 0 Å². The Bertz CT molecular complexity index is 944. The molecule has 1 saturated heterocycles. The number of nitrogens with zero attached hydrogens (tertiary/aromatic N) is 2. The Balaban J connectivity index is 1.89. The highest BCUT2D eigenvalue weighted by atomic mass is 16.5. The molecule has 0 unspecified atom stereocenters. The number of aliphatic hydroxyl groups is 1. The third-order valence-electron chi connectivity index (χ3n) is 6.71. The number of aliphatic hydroxyl groups excluding tert-OH is 1. The Morgan fingerprint density at radius 3 is 2.47 bits per heavy atom. The first kappa shape index (κ1) is 27.4. The number of carbonyl (C=O) groups excluding carboxylic acids is 4. The summed E-state index contributed by atoms with van der Waals surface area (Å²) in [5.74, 6) is -0.950. The molecular formula is C26H38N4O6. The van der Waals surface area contributed by atoms with Gasteiger partial charge in [-0.1, -0.05) is 26.0 Å². The second kappa shape index (κ2) is 12.7. The SMILES string of the molecule is CC(C)C[C@@H]1NC(=O)C[C@@H](C(=O)N2CCC(CO)CC2)NC(=O)c2ccccc2OCCN(C)C1=O. The fourth-order valence-corrected chi connectivity index (χ4v) is 4.57. The lowest BCUT2D eigenvalue weighted by atomic mass is 9.97. The molecule has 2 heterocycles. The van der Waals surface area contributed by atoms with Crippen molar-refractivity contribution in [1.82, 2.24) is 20.4 Å². The molecule has 3 N–H and O–H groups in total. The summed E-state index contributed by atoms with van der Waals surface area (Å²) in [4.78, 5) is 56.0. The Morgan fingerprint density at radius 1 is 1.11 bits per heavy atom. The predicted molar refractivity (Wildman–Crippen MR) is 133 cm³/mol. The number of hydrogen-bond donors (Lipinski definition) is 3. The number of hydrogen-bond acceptors (Lipinski definition) is 6. The first-order chi connectivity index (χ1) is 17.2. The first-order valence-corrected chi connectivity index (χ1v) is 12.7. The molecule has 0 bridgehead atoms. The van der Waals surface area contributed by atoms with Crippen molar-refractivity contribution in [2.45, 2.75) is 51.6 Å². The minimum Gasteiger partial charge on any atom is -0.491 e. The van der Waals surface area contributed by atoms with Gasteiger partial charge in [0.05, 0.1) is 18.5 Å². The van der Waals surface area contributed by atoms with Crippen LogP contribution in [0.1, 0.15) is 49.9 Å². The Labute approximate surface area is 212 Å². The third kappa shape index (κ3) is 7.19. The van der Waals surface area contributed by atoms with E-state index in [1.807, 2.05) is 13.8 Å². The molecular weight excluding hydrogens is 464 g/mol. The Kier molecular flexibility index (Phi) is 9.69. The van der Waals surface area contributed by atoms with Crippen molar-refractivity contribution in [2.75, 3.05) is 39.9 Å². The van der Waals surface area contributed by atoms with Crippen LogP contribution in [-0.2, 0) is 14.4 Å². The molecule has 10 nitrogen and oxygen atoms in total. The number of carbonyl (C=O) groups is 4. The van der Waals surface area contributed by atoms with Crippen LogP contribution in [0.3, 0.4) is 0 Å². The largest absolute Gasteiger partial charge is 0.491 e. The highest BCUT2D eigenvalue weighted by Gasteiger charge is 2.33. The molecule has 1 fully saturated rings. The van der Waals surface area contributed by atoms with Gasteiger partial charge in [0.1, 0.15) is 24.4 Å². The van der Waals surface area contributed by atoms with E-state index in [9.17, 15) is 24.3 Å². The number of fused-ring (bicyclic) bond motifs is 1. The standard InChI is InChI=1S/C26H38N4O6/c1-17(2)14-20-25(34)29(3)12-13-36-22-7-5-4-6-19(22)24(33)28-21(15-23(32)27-20)26(35)30-10-8-18(16-31)9-11-30/h4-7,17-18,20-21,31H,8-16H2,1-3H3,(H,27,32)(H,28,33)/t20-,21-/m0/s1. The summed E-state index contributed by atoms with van der Waals surface area (Å²) in [6, 6.07) is 4.84. The number of rotatable bonds is 4. The van der Waals surface area contributed by atoms with E-state index in [1.165, 1.54) is 4.90 Å². The monoisotopic (exact) mass is 502 g/mol. The fraction of sp³-hybridized carbons (Fsp3) is 0.615. The molecule has 4 amide bonds. The van der Waals surface area contributed by atoms with E-state index in [4.69, 9.17) is 4.74 Å². The quantitative estimate of drug-likeness (QED) is 0.559. The van der Waals surface area contributed by atoms with Crippen LogP contribution in [0.5, 0.6) is 5.75 Å². The molecule has 2 atom stereocenters. The molecule has 0 aromatic heterocycles. The fourth-order valence-electron chi connectivity index (χ4n) is 4.57. The zero-order chi connectivity index (χ0) is 26.2. The maximum atomic E-state index is 13.4. The second-order valence-electron chi connectivity index (χ2n) is 10.0. The van der Waals surface area contributed by atoms with Crippen molar-refractivity contribution in [2.24, 2.45) is 11.8 Å². The van der Waals surface area contributed by atoms with Crippen molar-refractivity contribution in [1.29, 1.82) is 0 Å². The topological polar surface area (TPSA) is 128 Å². The van der Waals surface area contributed by atoms with Gasteiger partial charge in [-0.05, 0) is 43.2 Å². The van der Waals surface area contributed by atoms with Crippen LogP contribution in [-0.4, -0.2) is 90.5 Å². The maximum absolute atomic E-state index is 13.4. The molecule has 3 rings (SSSR count). The number of piperidine rings is 1. The lowest BCUT2D eigenvalue weighted by molar-refractivity contribution is -0.138. The normalized spacial score (nSPS) is 22.9. The van der Waals surface area contributed by atoms with E-state index >= 15 is 0 Å². The summed E-state index contributed by atoms with van der Waals surface area (Å²) in [6.07, 6.45) is 1.46. The van der Waals surface area contributed by atoms with E-state index in [1.54, 1.807) is 36.2 Å². The molecule has 1 aromatic rings. The maximum Gasteiger partial charge on any atom is 0.255 e. The van der Waals surface area contributed by atoms with Gasteiger partial charge in [0.2, 0.25) is 17.7 Å². The average Bonchev–Trinajstić information content (AvgIpc) is 2.86. The number of para-hydroxylation sites is 1. The van der Waals surface area contributed by atoms with Gasteiger partial charge in [0, 0.05) is 26.7 Å². The lowest BCUT2D eigenvalue weighted by Gasteiger charge is -2.34. The number of nitrogens with one attached hydrogen (secondary N) is 2. The summed E-state index contributed by atoms with van der Waals surface area (Å²) in [5.41, 5.74) is 0.249. The molecule has 0 aliphatic carbocycles. The molecule has 2 aliphatic rings. The Hall–Kier alpha value is -3.14. The summed E-state index contributed by atoms with van der Waals surface area (Å²) in [6.45, 7) is 5.33. The first-order valence-electron chi connectivity index (χ1n) is 12.7. The summed E-state index contributed by atoms with van der Waals surface area (Å²) in [7, 11) is 1.65. The number of benzene rings is 1. The Morgan fingerprint density at radius 2 is 1.81 bits per heavy atom. The summed E-state index contributed by atoms with van der Waals surface area (Å²) >= 11 is 0. The minimum absolute atomic E-state index is 0.0705. The summed E-state index contributed by atoms with van der Waals surface area (Å²) in [5, 5.41) is 15.0. The molecule has 1 aromatic carbocycles. The van der Waals surface area contributed by atoms with Gasteiger partial charge in [-0.15, -0.1) is 0 Å². The predicted octanol–water partition coefficient (Wildman–Crippen LogP) is 0.788. The number of amides is 4. The number of likely N-dealkylation sites (N-methyl/N-ethyl adjacent to an activating group) is 1. The summed E-state index contributed by atoms with van der Waals surface area (Å²) < 4.78 is 5.83. The van der Waals surface area contributed by atoms with Crippen LogP contribution in [0.15, 0.2) is 24.3 Å². The van der Waals surface area contributed by atoms with Crippen LogP contribution < -0.4 is 15.4 Å². The van der Waals surface area contributed by atoms with Crippen LogP contribution in [0.4, 0.5) is 0 Å². The molecule has 0 radical (unpaired) electrons. The zero-order valence-corrected chi connectivity index (χ0v) is 21.4. The second-order valence-corrected chi connectivity index (χ2v) is 10.0. The smallest absolute Gasteiger partial charge is 0.255 e. The van der Waals surface area contributed by atoms with Crippen molar-refractivity contribution >= 4 is 23.6 Å². The highest BCUT2D eigenvalue weighted by Crippen LogP contribution is 2.21. The van der Waals surface area contributed by atoms with Gasteiger partial charge >= 0.3 is 0 Å². The van der Waals surface area contributed by atoms with Gasteiger partial charge in [0.25, 0.3) is 5.91 Å². The zero-order valence-electron chi connectivity index (χ0n) is 21.4. The highest BCUT2D eigenvalue weighted by molar-refractivity contribution is 6.01. The lowest BCUT2D eigenvalue weighted by Crippen LogP contribution is -2.54. The van der Waals surface area contributed by atoms with Crippen molar-refractivity contribution in [3.05, 3.63) is 29.8 Å². The van der Waals surface area contributed by atoms with Crippen LogP contribution in [0, 0.1) is 11.8 Å². The van der Waals surface area contributed by atoms with E-state index in [-0.39, 0.29) is 55.4 Å². The molecule has 10 heteroatoms. The van der Waals surface area contributed by atoms with Crippen LogP contribution >= 0.6 is 0 Å². The van der Waals surface area contributed by atoms with Crippen molar-refractivity contribution < 1.29 is 29.0 Å². The molecule has 36 heavy (non-hydrogen) atoms. The number of likely N-dealkylation sites (tertiary alicyclic amines) is 1. The van der Waals surface area contributed by atoms with Gasteiger partial charge < -0.3 is 30.3 Å². The number of ether oxygens (including phenoxy) is 1. The van der Waals surface area contributed by atoms with Crippen molar-refractivity contribution in [3.63, 3.8) is 0 Å². The van der Waals surface area contributed by atoms with E-state index in [0.717, 1.165) is 0 Å². The molecule has 0 saturated carbocycles. The van der Waals surface area contributed by atoms with E-state index < -0.39 is 23.9 Å². The van der Waals surface area contributed by atoms with Crippen molar-refractivity contribution in [3.8, 4) is 5.75 Å². The molecule has 198 valence electrons.